The summed E-state index contributed by atoms with van der Waals surface area (Å²) >= 11 is 0. The van der Waals surface area contributed by atoms with Gasteiger partial charge < -0.3 is 24.6 Å². The molecule has 29 heavy (non-hydrogen) atoms. The van der Waals surface area contributed by atoms with Gasteiger partial charge in [0.1, 0.15) is 17.6 Å². The predicted molar refractivity (Wildman–Crippen MR) is 111 cm³/mol. The third kappa shape index (κ3) is 3.99. The van der Waals surface area contributed by atoms with E-state index in [1.807, 2.05) is 31.2 Å². The molecule has 0 aromatic heterocycles. The summed E-state index contributed by atoms with van der Waals surface area (Å²) in [6.07, 6.45) is 1.24. The summed E-state index contributed by atoms with van der Waals surface area (Å²) < 4.78 is 11.4. The standard InChI is InChI=1S/C22H25N3O4/c1-15-13-24(14-16-6-3-4-7-19(16)29-15)22(27)23-17-9-10-20(28-2)18(12-17)25-11-5-8-21(25)26/h3-4,6-7,9-10,12,15H,5,8,11,13-14H2,1-2H3,(H,23,27)/t15-/m1/s1. The zero-order chi connectivity index (χ0) is 20.4. The maximum atomic E-state index is 13.0. The number of rotatable bonds is 3. The molecular weight excluding hydrogens is 370 g/mol. The Balaban J connectivity index is 1.54. The quantitative estimate of drug-likeness (QED) is 0.861. The lowest BCUT2D eigenvalue weighted by Crippen LogP contribution is -2.38. The number of anilines is 2. The second-order valence-electron chi connectivity index (χ2n) is 7.38. The first-order chi connectivity index (χ1) is 14.0. The number of hydrogen-bond acceptors (Lipinski definition) is 4. The van der Waals surface area contributed by atoms with Crippen molar-refractivity contribution in [2.24, 2.45) is 0 Å². The van der Waals surface area contributed by atoms with Gasteiger partial charge in [0.15, 0.2) is 0 Å². The molecule has 1 atom stereocenters. The van der Waals surface area contributed by atoms with Crippen LogP contribution in [-0.2, 0) is 11.3 Å². The van der Waals surface area contributed by atoms with Crippen LogP contribution in [0, 0.1) is 0 Å². The lowest BCUT2D eigenvalue weighted by molar-refractivity contribution is -0.117. The van der Waals surface area contributed by atoms with Crippen LogP contribution in [0.1, 0.15) is 25.3 Å². The van der Waals surface area contributed by atoms with Gasteiger partial charge in [-0.25, -0.2) is 4.79 Å². The number of amides is 3. The van der Waals surface area contributed by atoms with Crippen LogP contribution in [0.4, 0.5) is 16.2 Å². The minimum Gasteiger partial charge on any atom is -0.495 e. The maximum absolute atomic E-state index is 13.0. The molecule has 0 unspecified atom stereocenters. The van der Waals surface area contributed by atoms with Crippen molar-refractivity contribution in [3.8, 4) is 11.5 Å². The van der Waals surface area contributed by atoms with Crippen molar-refractivity contribution < 1.29 is 19.1 Å². The summed E-state index contributed by atoms with van der Waals surface area (Å²) in [5.74, 6) is 1.50. The number of fused-ring (bicyclic) bond motifs is 1. The van der Waals surface area contributed by atoms with E-state index in [9.17, 15) is 9.59 Å². The van der Waals surface area contributed by atoms with Gasteiger partial charge in [0.2, 0.25) is 5.91 Å². The molecule has 2 aromatic rings. The summed E-state index contributed by atoms with van der Waals surface area (Å²) in [5.41, 5.74) is 2.28. The molecule has 0 spiro atoms. The zero-order valence-electron chi connectivity index (χ0n) is 16.7. The molecule has 7 nitrogen and oxygen atoms in total. The Kier molecular flexibility index (Phi) is 5.29. The van der Waals surface area contributed by atoms with Crippen molar-refractivity contribution in [2.75, 3.05) is 30.4 Å². The molecule has 0 saturated carbocycles. The molecule has 2 aromatic carbocycles. The molecule has 0 bridgehead atoms. The smallest absolute Gasteiger partial charge is 0.322 e. The van der Waals surface area contributed by atoms with Crippen molar-refractivity contribution in [1.82, 2.24) is 4.90 Å². The van der Waals surface area contributed by atoms with Crippen LogP contribution in [0.3, 0.4) is 0 Å². The van der Waals surface area contributed by atoms with Gasteiger partial charge in [0.25, 0.3) is 0 Å². The first kappa shape index (κ1) is 19.1. The Morgan fingerprint density at radius 3 is 2.83 bits per heavy atom. The zero-order valence-corrected chi connectivity index (χ0v) is 16.7. The number of nitrogens with zero attached hydrogens (tertiary/aromatic N) is 2. The maximum Gasteiger partial charge on any atom is 0.322 e. The van der Waals surface area contributed by atoms with Crippen LogP contribution in [0.2, 0.25) is 0 Å². The van der Waals surface area contributed by atoms with Gasteiger partial charge in [-0.3, -0.25) is 4.79 Å². The highest BCUT2D eigenvalue weighted by Gasteiger charge is 2.26. The molecule has 7 heteroatoms. The van der Waals surface area contributed by atoms with Crippen molar-refractivity contribution >= 4 is 23.3 Å². The molecule has 3 amide bonds. The van der Waals surface area contributed by atoms with Crippen molar-refractivity contribution in [3.63, 3.8) is 0 Å². The van der Waals surface area contributed by atoms with Gasteiger partial charge in [-0.2, -0.15) is 0 Å². The van der Waals surface area contributed by atoms with Crippen molar-refractivity contribution in [3.05, 3.63) is 48.0 Å². The third-order valence-corrected chi connectivity index (χ3v) is 5.22. The summed E-state index contributed by atoms with van der Waals surface area (Å²) in [6, 6.07) is 12.9. The van der Waals surface area contributed by atoms with Crippen LogP contribution in [0.15, 0.2) is 42.5 Å². The predicted octanol–water partition coefficient (Wildman–Crippen LogP) is 3.64. The Morgan fingerprint density at radius 2 is 2.07 bits per heavy atom. The van der Waals surface area contributed by atoms with E-state index < -0.39 is 0 Å². The second kappa shape index (κ2) is 8.03. The number of benzene rings is 2. The van der Waals surface area contributed by atoms with Gasteiger partial charge in [0.05, 0.1) is 25.9 Å². The number of ether oxygens (including phenoxy) is 2. The molecule has 0 aliphatic carbocycles. The Labute approximate surface area is 170 Å². The lowest BCUT2D eigenvalue weighted by Gasteiger charge is -2.24. The molecule has 2 aliphatic heterocycles. The molecule has 152 valence electrons. The molecule has 1 fully saturated rings. The summed E-state index contributed by atoms with van der Waals surface area (Å²) in [4.78, 5) is 28.6. The Morgan fingerprint density at radius 1 is 1.24 bits per heavy atom. The minimum absolute atomic E-state index is 0.0712. The Bertz CT molecular complexity index is 930. The molecule has 0 radical (unpaired) electrons. The van der Waals surface area contributed by atoms with Crippen LogP contribution in [0.5, 0.6) is 11.5 Å². The SMILES string of the molecule is COc1ccc(NC(=O)N2Cc3ccccc3O[C@H](C)C2)cc1N1CCCC1=O. The summed E-state index contributed by atoms with van der Waals surface area (Å²) in [6.45, 7) is 3.56. The molecule has 4 rings (SSSR count). The molecule has 2 heterocycles. The normalized spacial score (nSPS) is 18.7. The minimum atomic E-state index is -0.207. The number of urea groups is 1. The van der Waals surface area contributed by atoms with E-state index in [0.29, 0.717) is 43.2 Å². The molecule has 1 saturated heterocycles. The average molecular weight is 395 g/mol. The van der Waals surface area contributed by atoms with E-state index in [4.69, 9.17) is 9.47 Å². The van der Waals surface area contributed by atoms with Crippen LogP contribution in [0.25, 0.3) is 0 Å². The number of nitrogens with one attached hydrogen (secondary N) is 1. The third-order valence-electron chi connectivity index (χ3n) is 5.22. The van der Waals surface area contributed by atoms with E-state index in [1.54, 1.807) is 35.1 Å². The highest BCUT2D eigenvalue weighted by atomic mass is 16.5. The number of hydrogen-bond donors (Lipinski definition) is 1. The topological polar surface area (TPSA) is 71.1 Å². The highest BCUT2D eigenvalue weighted by Crippen LogP contribution is 2.34. The fourth-order valence-corrected chi connectivity index (χ4v) is 3.82. The average Bonchev–Trinajstić information content (AvgIpc) is 3.05. The van der Waals surface area contributed by atoms with Gasteiger partial charge in [-0.15, -0.1) is 0 Å². The van der Waals surface area contributed by atoms with Gasteiger partial charge in [-0.1, -0.05) is 18.2 Å². The monoisotopic (exact) mass is 395 g/mol. The first-order valence-electron chi connectivity index (χ1n) is 9.84. The molecule has 2 aliphatic rings. The van der Waals surface area contributed by atoms with E-state index in [2.05, 4.69) is 5.32 Å². The van der Waals surface area contributed by atoms with E-state index in [1.165, 1.54) is 0 Å². The van der Waals surface area contributed by atoms with E-state index in [-0.39, 0.29) is 18.0 Å². The first-order valence-corrected chi connectivity index (χ1v) is 9.84. The van der Waals surface area contributed by atoms with Gasteiger partial charge >= 0.3 is 6.03 Å². The summed E-state index contributed by atoms with van der Waals surface area (Å²) in [7, 11) is 1.58. The number of para-hydroxylation sites is 1. The number of carbonyl (C=O) groups is 2. The van der Waals surface area contributed by atoms with Gasteiger partial charge in [-0.05, 0) is 37.6 Å². The number of carbonyl (C=O) groups excluding carboxylic acids is 2. The fourth-order valence-electron chi connectivity index (χ4n) is 3.82. The summed E-state index contributed by atoms with van der Waals surface area (Å²) in [5, 5.41) is 2.96. The van der Waals surface area contributed by atoms with Gasteiger partial charge in [0, 0.05) is 24.2 Å². The van der Waals surface area contributed by atoms with E-state index in [0.717, 1.165) is 17.7 Å². The fraction of sp³-hybridized carbons (Fsp3) is 0.364. The van der Waals surface area contributed by atoms with Crippen LogP contribution in [-0.4, -0.2) is 43.1 Å². The van der Waals surface area contributed by atoms with Crippen LogP contribution >= 0.6 is 0 Å². The van der Waals surface area contributed by atoms with Crippen molar-refractivity contribution in [1.29, 1.82) is 0 Å². The highest BCUT2D eigenvalue weighted by molar-refractivity contribution is 5.98. The van der Waals surface area contributed by atoms with E-state index >= 15 is 0 Å². The lowest BCUT2D eigenvalue weighted by atomic mass is 10.2. The number of methoxy groups -OCH3 is 1. The largest absolute Gasteiger partial charge is 0.495 e. The molecular formula is C22H25N3O4. The Hall–Kier alpha value is -3.22. The van der Waals surface area contributed by atoms with Crippen LogP contribution < -0.4 is 19.7 Å². The molecule has 1 N–H and O–H groups in total. The second-order valence-corrected chi connectivity index (χ2v) is 7.38. The van der Waals surface area contributed by atoms with Crippen molar-refractivity contribution in [2.45, 2.75) is 32.4 Å².